The van der Waals surface area contributed by atoms with E-state index in [0.29, 0.717) is 12.5 Å². The Kier molecular flexibility index (Phi) is 5.79. The van der Waals surface area contributed by atoms with Crippen molar-refractivity contribution in [2.75, 3.05) is 0 Å². The van der Waals surface area contributed by atoms with Gasteiger partial charge in [0.15, 0.2) is 0 Å². The van der Waals surface area contributed by atoms with Crippen LogP contribution < -0.4 is 4.74 Å². The highest BCUT2D eigenvalue weighted by molar-refractivity contribution is 9.11. The van der Waals surface area contributed by atoms with E-state index in [1.165, 1.54) is 0 Å². The van der Waals surface area contributed by atoms with Gasteiger partial charge in [0.2, 0.25) is 0 Å². The second-order valence-electron chi connectivity index (χ2n) is 4.41. The van der Waals surface area contributed by atoms with Gasteiger partial charge in [-0.15, -0.1) is 11.6 Å². The molecule has 106 valence electrons. The van der Waals surface area contributed by atoms with E-state index in [-0.39, 0.29) is 0 Å². The summed E-state index contributed by atoms with van der Waals surface area (Å²) in [5.74, 6) is 1.21. The molecule has 2 rings (SSSR count). The van der Waals surface area contributed by atoms with Crippen LogP contribution in [0, 0.1) is 6.92 Å². The Hall–Kier alpha value is -0.220. The molecule has 0 spiro atoms. The number of hydrogen-bond acceptors (Lipinski definition) is 1. The van der Waals surface area contributed by atoms with E-state index in [1.54, 1.807) is 0 Å². The lowest BCUT2D eigenvalue weighted by atomic mass is 10.1. The summed E-state index contributed by atoms with van der Waals surface area (Å²) in [6, 6.07) is 9.83. The van der Waals surface area contributed by atoms with Gasteiger partial charge in [-0.3, -0.25) is 0 Å². The second kappa shape index (κ2) is 7.17. The molecular weight excluding hydrogens is 427 g/mol. The topological polar surface area (TPSA) is 9.23 Å². The van der Waals surface area contributed by atoms with Crippen LogP contribution in [-0.2, 0) is 12.5 Å². The minimum absolute atomic E-state index is 0.413. The van der Waals surface area contributed by atoms with Gasteiger partial charge in [-0.25, -0.2) is 0 Å². The molecule has 2 aromatic carbocycles. The van der Waals surface area contributed by atoms with Crippen molar-refractivity contribution in [1.29, 1.82) is 0 Å². The summed E-state index contributed by atoms with van der Waals surface area (Å²) in [5, 5.41) is 0.717. The fourth-order valence-electron chi connectivity index (χ4n) is 1.75. The summed E-state index contributed by atoms with van der Waals surface area (Å²) < 4.78 is 7.59. The lowest BCUT2D eigenvalue weighted by Crippen LogP contribution is -1.98. The van der Waals surface area contributed by atoms with Gasteiger partial charge in [0.1, 0.15) is 12.4 Å². The molecule has 0 aromatic heterocycles. The Balaban J connectivity index is 2.19. The van der Waals surface area contributed by atoms with Gasteiger partial charge >= 0.3 is 0 Å². The third-order valence-corrected chi connectivity index (χ3v) is 4.63. The quantitative estimate of drug-likeness (QED) is 0.495. The summed E-state index contributed by atoms with van der Waals surface area (Å²) in [7, 11) is 0. The van der Waals surface area contributed by atoms with Gasteiger partial charge in [-0.1, -0.05) is 23.7 Å². The third-order valence-electron chi connectivity index (χ3n) is 2.79. The molecule has 0 aliphatic rings. The molecule has 0 bridgehead atoms. The number of rotatable bonds is 4. The Bertz CT molecular complexity index is 606. The molecule has 0 aliphatic carbocycles. The maximum Gasteiger partial charge on any atom is 0.148 e. The molecule has 0 N–H and O–H groups in total. The van der Waals surface area contributed by atoms with Crippen molar-refractivity contribution in [1.82, 2.24) is 0 Å². The van der Waals surface area contributed by atoms with Gasteiger partial charge in [-0.2, -0.15) is 0 Å². The molecule has 2 aromatic rings. The molecule has 0 heterocycles. The van der Waals surface area contributed by atoms with Crippen molar-refractivity contribution in [3.63, 3.8) is 0 Å². The molecule has 0 aliphatic heterocycles. The maximum atomic E-state index is 6.20. The van der Waals surface area contributed by atoms with Crippen LogP contribution in [0.4, 0.5) is 0 Å². The van der Waals surface area contributed by atoms with Gasteiger partial charge in [0.25, 0.3) is 0 Å². The molecular formula is C15H12Br2Cl2O. The molecule has 0 radical (unpaired) electrons. The molecule has 0 saturated carbocycles. The minimum Gasteiger partial charge on any atom is -0.486 e. The zero-order valence-electron chi connectivity index (χ0n) is 10.7. The van der Waals surface area contributed by atoms with Crippen LogP contribution in [0.25, 0.3) is 0 Å². The van der Waals surface area contributed by atoms with E-state index in [9.17, 15) is 0 Å². The highest BCUT2D eigenvalue weighted by Crippen LogP contribution is 2.36. The van der Waals surface area contributed by atoms with Gasteiger partial charge < -0.3 is 4.74 Å². The smallest absolute Gasteiger partial charge is 0.148 e. The van der Waals surface area contributed by atoms with Crippen molar-refractivity contribution in [2.24, 2.45) is 0 Å². The first-order valence-electron chi connectivity index (χ1n) is 5.93. The fraction of sp³-hybridized carbons (Fsp3) is 0.200. The van der Waals surface area contributed by atoms with Crippen molar-refractivity contribution < 1.29 is 4.74 Å². The second-order valence-corrected chi connectivity index (χ2v) is 6.79. The number of hydrogen-bond donors (Lipinski definition) is 0. The summed E-state index contributed by atoms with van der Waals surface area (Å²) in [4.78, 5) is 0. The van der Waals surface area contributed by atoms with Crippen LogP contribution in [0.1, 0.15) is 16.7 Å². The van der Waals surface area contributed by atoms with Crippen molar-refractivity contribution in [3.8, 4) is 5.75 Å². The highest BCUT2D eigenvalue weighted by atomic mass is 79.9. The molecule has 1 nitrogen and oxygen atoms in total. The molecule has 20 heavy (non-hydrogen) atoms. The predicted molar refractivity (Wildman–Crippen MR) is 91.9 cm³/mol. The summed E-state index contributed by atoms with van der Waals surface area (Å²) in [6.07, 6.45) is 0. The van der Waals surface area contributed by atoms with E-state index in [1.807, 2.05) is 37.3 Å². The van der Waals surface area contributed by atoms with Gasteiger partial charge in [-0.05, 0) is 68.1 Å². The summed E-state index contributed by atoms with van der Waals surface area (Å²) >= 11 is 19.0. The van der Waals surface area contributed by atoms with Gasteiger partial charge in [0, 0.05) is 16.5 Å². The van der Waals surface area contributed by atoms with Crippen LogP contribution in [0.2, 0.25) is 5.02 Å². The Morgan fingerprint density at radius 1 is 1.10 bits per heavy atom. The first kappa shape index (κ1) is 16.2. The molecule has 0 atom stereocenters. The standard InChI is InChI=1S/C15H12Br2Cl2O/c1-9-2-3-11(14(19)4-9)8-20-15-12(16)5-10(7-18)6-13(15)17/h2-6H,7-8H2,1H3. The third kappa shape index (κ3) is 3.91. The van der Waals surface area contributed by atoms with Crippen LogP contribution in [0.3, 0.4) is 0 Å². The molecule has 0 saturated heterocycles. The normalized spacial score (nSPS) is 10.7. The van der Waals surface area contributed by atoms with E-state index in [2.05, 4.69) is 31.9 Å². The van der Waals surface area contributed by atoms with Crippen LogP contribution >= 0.6 is 55.1 Å². The fourth-order valence-corrected chi connectivity index (χ4v) is 3.70. The number of alkyl halides is 1. The zero-order chi connectivity index (χ0) is 14.7. The van der Waals surface area contributed by atoms with Crippen LogP contribution in [0.5, 0.6) is 5.75 Å². The van der Waals surface area contributed by atoms with E-state index in [0.717, 1.165) is 36.4 Å². The van der Waals surface area contributed by atoms with Crippen molar-refractivity contribution >= 4 is 55.1 Å². The monoisotopic (exact) mass is 436 g/mol. The van der Waals surface area contributed by atoms with E-state index < -0.39 is 0 Å². The average molecular weight is 439 g/mol. The lowest BCUT2D eigenvalue weighted by Gasteiger charge is -2.12. The van der Waals surface area contributed by atoms with Crippen LogP contribution in [-0.4, -0.2) is 0 Å². The molecule has 0 amide bonds. The number of benzene rings is 2. The number of aryl methyl sites for hydroxylation is 1. The SMILES string of the molecule is Cc1ccc(COc2c(Br)cc(CCl)cc2Br)c(Cl)c1. The van der Waals surface area contributed by atoms with Crippen LogP contribution in [0.15, 0.2) is 39.3 Å². The Morgan fingerprint density at radius 3 is 2.30 bits per heavy atom. The van der Waals surface area contributed by atoms with E-state index >= 15 is 0 Å². The maximum absolute atomic E-state index is 6.20. The first-order chi connectivity index (χ1) is 9.51. The predicted octanol–water partition coefficient (Wildman–Crippen LogP) is 6.49. The Labute approximate surface area is 145 Å². The largest absolute Gasteiger partial charge is 0.486 e. The zero-order valence-corrected chi connectivity index (χ0v) is 15.4. The Morgan fingerprint density at radius 2 is 1.75 bits per heavy atom. The van der Waals surface area contributed by atoms with Crippen molar-refractivity contribution in [2.45, 2.75) is 19.4 Å². The molecule has 0 unspecified atom stereocenters. The van der Waals surface area contributed by atoms with Gasteiger partial charge in [0.05, 0.1) is 8.95 Å². The minimum atomic E-state index is 0.413. The summed E-state index contributed by atoms with van der Waals surface area (Å²) in [5.41, 5.74) is 3.11. The number of ether oxygens (including phenoxy) is 1. The first-order valence-corrected chi connectivity index (χ1v) is 8.43. The average Bonchev–Trinajstić information content (AvgIpc) is 2.39. The lowest BCUT2D eigenvalue weighted by molar-refractivity contribution is 0.302. The molecule has 5 heteroatoms. The number of halogens is 4. The molecule has 0 fully saturated rings. The van der Waals surface area contributed by atoms with Crippen molar-refractivity contribution in [3.05, 3.63) is 61.0 Å². The summed E-state index contributed by atoms with van der Waals surface area (Å²) in [6.45, 7) is 2.42. The van der Waals surface area contributed by atoms with E-state index in [4.69, 9.17) is 27.9 Å². The highest BCUT2D eigenvalue weighted by Gasteiger charge is 2.10.